The molecule has 0 saturated carbocycles. The lowest BCUT2D eigenvalue weighted by atomic mass is 10.1. The molecule has 0 aliphatic heterocycles. The largest absolute Gasteiger partial charge is 0.478 e. The second-order valence-electron chi connectivity index (χ2n) is 4.05. The predicted octanol–water partition coefficient (Wildman–Crippen LogP) is 4.02. The summed E-state index contributed by atoms with van der Waals surface area (Å²) in [5, 5.41) is 13.7. The van der Waals surface area contributed by atoms with E-state index >= 15 is 0 Å². The topological polar surface area (TPSA) is 66.4 Å². The van der Waals surface area contributed by atoms with E-state index in [9.17, 15) is 9.59 Å². The summed E-state index contributed by atoms with van der Waals surface area (Å²) in [7, 11) is 0. The summed E-state index contributed by atoms with van der Waals surface area (Å²) in [6.45, 7) is 1.97. The van der Waals surface area contributed by atoms with Crippen LogP contribution in [-0.2, 0) is 6.42 Å². The number of aromatic carboxylic acids is 1. The molecule has 6 heteroatoms. The van der Waals surface area contributed by atoms with Gasteiger partial charge in [-0.05, 0) is 51.5 Å². The van der Waals surface area contributed by atoms with Gasteiger partial charge in [0.15, 0.2) is 0 Å². The highest BCUT2D eigenvalue weighted by Crippen LogP contribution is 2.28. The van der Waals surface area contributed by atoms with E-state index in [-0.39, 0.29) is 17.2 Å². The third-order valence-corrected chi connectivity index (χ3v) is 4.43. The van der Waals surface area contributed by atoms with E-state index in [1.165, 1.54) is 17.4 Å². The zero-order valence-electron chi connectivity index (χ0n) is 10.6. The van der Waals surface area contributed by atoms with Crippen molar-refractivity contribution in [1.82, 2.24) is 0 Å². The van der Waals surface area contributed by atoms with Crippen molar-refractivity contribution in [2.45, 2.75) is 13.3 Å². The third-order valence-electron chi connectivity index (χ3n) is 2.82. The molecule has 0 spiro atoms. The van der Waals surface area contributed by atoms with E-state index in [1.54, 1.807) is 12.1 Å². The molecule has 0 radical (unpaired) electrons. The maximum absolute atomic E-state index is 12.3. The number of rotatable bonds is 4. The molecule has 0 fully saturated rings. The number of halogens is 1. The van der Waals surface area contributed by atoms with Crippen LogP contribution in [0.4, 0.5) is 5.69 Å². The van der Waals surface area contributed by atoms with Crippen LogP contribution in [0.3, 0.4) is 0 Å². The molecule has 0 saturated heterocycles. The molecule has 0 aliphatic carbocycles. The van der Waals surface area contributed by atoms with Crippen LogP contribution in [0.1, 0.15) is 32.5 Å². The molecule has 2 rings (SSSR count). The van der Waals surface area contributed by atoms with Crippen molar-refractivity contribution in [1.29, 1.82) is 0 Å². The SMILES string of the molecule is CCc1ccsc1C(=O)Nc1c(Br)cccc1C(=O)O. The summed E-state index contributed by atoms with van der Waals surface area (Å²) in [4.78, 5) is 24.1. The highest BCUT2D eigenvalue weighted by atomic mass is 79.9. The average Bonchev–Trinajstić information content (AvgIpc) is 2.89. The molecule has 0 unspecified atom stereocenters. The number of aryl methyl sites for hydroxylation is 1. The molecule has 104 valence electrons. The minimum Gasteiger partial charge on any atom is -0.478 e. The lowest BCUT2D eigenvalue weighted by molar-refractivity contribution is 0.0698. The van der Waals surface area contributed by atoms with Crippen molar-refractivity contribution < 1.29 is 14.7 Å². The number of thiophene rings is 1. The monoisotopic (exact) mass is 353 g/mol. The fourth-order valence-electron chi connectivity index (χ4n) is 1.81. The molecular weight excluding hydrogens is 342 g/mol. The van der Waals surface area contributed by atoms with Crippen LogP contribution in [0.2, 0.25) is 0 Å². The van der Waals surface area contributed by atoms with Gasteiger partial charge in [-0.1, -0.05) is 13.0 Å². The van der Waals surface area contributed by atoms with Crippen LogP contribution in [0.5, 0.6) is 0 Å². The van der Waals surface area contributed by atoms with Crippen LogP contribution in [-0.4, -0.2) is 17.0 Å². The van der Waals surface area contributed by atoms with Gasteiger partial charge in [0.05, 0.1) is 16.1 Å². The number of benzene rings is 1. The highest BCUT2D eigenvalue weighted by molar-refractivity contribution is 9.10. The molecule has 2 N–H and O–H groups in total. The van der Waals surface area contributed by atoms with Gasteiger partial charge < -0.3 is 10.4 Å². The van der Waals surface area contributed by atoms with E-state index in [0.717, 1.165) is 12.0 Å². The molecule has 0 bridgehead atoms. The fourth-order valence-corrected chi connectivity index (χ4v) is 3.17. The van der Waals surface area contributed by atoms with E-state index in [4.69, 9.17) is 5.11 Å². The Kier molecular flexibility index (Phi) is 4.57. The summed E-state index contributed by atoms with van der Waals surface area (Å²) in [5.74, 6) is -1.37. The number of carboxylic acids is 1. The van der Waals surface area contributed by atoms with Crippen LogP contribution in [0.15, 0.2) is 34.1 Å². The molecule has 1 aromatic heterocycles. The number of carbonyl (C=O) groups excluding carboxylic acids is 1. The number of hydrogen-bond donors (Lipinski definition) is 2. The van der Waals surface area contributed by atoms with Gasteiger partial charge in [-0.15, -0.1) is 11.3 Å². The maximum Gasteiger partial charge on any atom is 0.337 e. The normalized spacial score (nSPS) is 10.3. The number of nitrogens with one attached hydrogen (secondary N) is 1. The standard InChI is InChI=1S/C14H12BrNO3S/c1-2-8-6-7-20-12(8)13(17)16-11-9(14(18)19)4-3-5-10(11)15/h3-7H,2H2,1H3,(H,16,17)(H,18,19). The number of amides is 1. The van der Waals surface area contributed by atoms with Crippen molar-refractivity contribution in [3.63, 3.8) is 0 Å². The molecule has 1 amide bonds. The smallest absolute Gasteiger partial charge is 0.337 e. The Morgan fingerprint density at radius 2 is 2.10 bits per heavy atom. The Balaban J connectivity index is 2.35. The molecule has 0 atom stereocenters. The Bertz CT molecular complexity index is 666. The Hall–Kier alpha value is -1.66. The summed E-state index contributed by atoms with van der Waals surface area (Å²) in [6.07, 6.45) is 0.758. The van der Waals surface area contributed by atoms with E-state index < -0.39 is 5.97 Å². The van der Waals surface area contributed by atoms with Crippen molar-refractivity contribution >= 4 is 44.8 Å². The van der Waals surface area contributed by atoms with Crippen molar-refractivity contribution in [3.05, 3.63) is 50.1 Å². The Morgan fingerprint density at radius 1 is 1.35 bits per heavy atom. The van der Waals surface area contributed by atoms with Gasteiger partial charge in [-0.3, -0.25) is 4.79 Å². The van der Waals surface area contributed by atoms with Gasteiger partial charge in [-0.25, -0.2) is 4.79 Å². The first-order chi connectivity index (χ1) is 9.54. The number of para-hydroxylation sites is 1. The zero-order valence-corrected chi connectivity index (χ0v) is 13.0. The molecular formula is C14H12BrNO3S. The molecule has 4 nitrogen and oxygen atoms in total. The lowest BCUT2D eigenvalue weighted by Crippen LogP contribution is -2.15. The van der Waals surface area contributed by atoms with E-state index in [2.05, 4.69) is 21.2 Å². The first-order valence-electron chi connectivity index (χ1n) is 5.94. The van der Waals surface area contributed by atoms with Gasteiger partial charge in [-0.2, -0.15) is 0 Å². The van der Waals surface area contributed by atoms with Gasteiger partial charge in [0.25, 0.3) is 5.91 Å². The second-order valence-corrected chi connectivity index (χ2v) is 5.82. The van der Waals surface area contributed by atoms with Crippen LogP contribution in [0.25, 0.3) is 0 Å². The van der Waals surface area contributed by atoms with Crippen LogP contribution >= 0.6 is 27.3 Å². The fraction of sp³-hybridized carbons (Fsp3) is 0.143. The quantitative estimate of drug-likeness (QED) is 0.871. The summed E-state index contributed by atoms with van der Waals surface area (Å²) >= 11 is 4.61. The lowest BCUT2D eigenvalue weighted by Gasteiger charge is -2.10. The van der Waals surface area contributed by atoms with Crippen molar-refractivity contribution in [3.8, 4) is 0 Å². The summed E-state index contributed by atoms with van der Waals surface area (Å²) in [6, 6.07) is 6.67. The van der Waals surface area contributed by atoms with Crippen molar-refractivity contribution in [2.24, 2.45) is 0 Å². The van der Waals surface area contributed by atoms with E-state index in [0.29, 0.717) is 9.35 Å². The number of carbonyl (C=O) groups is 2. The summed E-state index contributed by atoms with van der Waals surface area (Å²) < 4.78 is 0.542. The average molecular weight is 354 g/mol. The zero-order chi connectivity index (χ0) is 14.7. The minimum absolute atomic E-state index is 0.0577. The van der Waals surface area contributed by atoms with Crippen LogP contribution in [0, 0.1) is 0 Å². The van der Waals surface area contributed by atoms with Gasteiger partial charge in [0.1, 0.15) is 0 Å². The molecule has 0 aliphatic rings. The molecule has 1 heterocycles. The number of carboxylic acid groups (broad SMARTS) is 1. The third kappa shape index (κ3) is 2.91. The Labute approximate surface area is 128 Å². The van der Waals surface area contributed by atoms with Gasteiger partial charge in [0, 0.05) is 4.47 Å². The summed E-state index contributed by atoms with van der Waals surface area (Å²) in [5.41, 5.74) is 1.29. The minimum atomic E-state index is -1.08. The predicted molar refractivity (Wildman–Crippen MR) is 82.8 cm³/mol. The second kappa shape index (κ2) is 6.19. The maximum atomic E-state index is 12.3. The van der Waals surface area contributed by atoms with Gasteiger partial charge >= 0.3 is 5.97 Å². The molecule has 20 heavy (non-hydrogen) atoms. The molecule has 2 aromatic rings. The molecule has 1 aromatic carbocycles. The highest BCUT2D eigenvalue weighted by Gasteiger charge is 2.18. The first kappa shape index (κ1) is 14.7. The van der Waals surface area contributed by atoms with E-state index in [1.807, 2.05) is 18.4 Å². The number of anilines is 1. The van der Waals surface area contributed by atoms with Crippen molar-refractivity contribution in [2.75, 3.05) is 5.32 Å². The number of hydrogen-bond acceptors (Lipinski definition) is 3. The van der Waals surface area contributed by atoms with Gasteiger partial charge in [0.2, 0.25) is 0 Å². The van der Waals surface area contributed by atoms with Crippen LogP contribution < -0.4 is 5.32 Å². The Morgan fingerprint density at radius 3 is 2.75 bits per heavy atom. The first-order valence-corrected chi connectivity index (χ1v) is 7.61.